The third kappa shape index (κ3) is 4.64. The summed E-state index contributed by atoms with van der Waals surface area (Å²) in [5, 5.41) is 0. The first kappa shape index (κ1) is 20.3. The lowest BCUT2D eigenvalue weighted by molar-refractivity contribution is -0.0621. The Bertz CT molecular complexity index is 443. The van der Waals surface area contributed by atoms with Gasteiger partial charge in [-0.2, -0.15) is 0 Å². The molecule has 1 rings (SSSR count). The molecular formula is C20H39NO2. The first-order valence-electron chi connectivity index (χ1n) is 9.02. The van der Waals surface area contributed by atoms with Crippen LogP contribution in [0.4, 0.5) is 4.79 Å². The van der Waals surface area contributed by atoms with Crippen molar-refractivity contribution in [2.75, 3.05) is 0 Å². The Labute approximate surface area is 144 Å². The van der Waals surface area contributed by atoms with E-state index >= 15 is 0 Å². The molecule has 1 fully saturated rings. The van der Waals surface area contributed by atoms with Crippen LogP contribution in [0.15, 0.2) is 0 Å². The van der Waals surface area contributed by atoms with Crippen molar-refractivity contribution in [3.05, 3.63) is 0 Å². The zero-order chi connectivity index (χ0) is 18.4. The summed E-state index contributed by atoms with van der Waals surface area (Å²) < 4.78 is 5.73. The summed E-state index contributed by atoms with van der Waals surface area (Å²) >= 11 is 0. The first-order valence-corrected chi connectivity index (χ1v) is 9.02. The number of hydrogen-bond acceptors (Lipinski definition) is 2. The van der Waals surface area contributed by atoms with Crippen molar-refractivity contribution in [2.24, 2.45) is 16.7 Å². The summed E-state index contributed by atoms with van der Waals surface area (Å²) in [6.07, 6.45) is 1.77. The molecule has 3 heteroatoms. The normalized spacial score (nSPS) is 30.3. The van der Waals surface area contributed by atoms with Crippen LogP contribution in [0.3, 0.4) is 0 Å². The third-order valence-electron chi connectivity index (χ3n) is 5.74. The van der Waals surface area contributed by atoms with E-state index in [4.69, 9.17) is 4.74 Å². The minimum absolute atomic E-state index is 0.160. The molecule has 1 aliphatic heterocycles. The molecule has 1 aliphatic rings. The van der Waals surface area contributed by atoms with Gasteiger partial charge in [-0.05, 0) is 71.1 Å². The van der Waals surface area contributed by atoms with Gasteiger partial charge < -0.3 is 9.64 Å². The van der Waals surface area contributed by atoms with E-state index in [2.05, 4.69) is 55.4 Å². The average Bonchev–Trinajstić information content (AvgIpc) is 2.20. The molecule has 23 heavy (non-hydrogen) atoms. The highest BCUT2D eigenvalue weighted by Crippen LogP contribution is 2.50. The molecule has 0 saturated carbocycles. The van der Waals surface area contributed by atoms with Crippen LogP contribution in [0, 0.1) is 16.7 Å². The molecule has 0 N–H and O–H groups in total. The van der Waals surface area contributed by atoms with Gasteiger partial charge in [-0.1, -0.05) is 34.6 Å². The molecule has 2 unspecified atom stereocenters. The maximum atomic E-state index is 12.9. The topological polar surface area (TPSA) is 29.5 Å². The molecule has 0 aromatic heterocycles. The number of carbonyl (C=O) groups is 1. The van der Waals surface area contributed by atoms with E-state index in [1.165, 1.54) is 0 Å². The largest absolute Gasteiger partial charge is 0.444 e. The minimum atomic E-state index is -0.465. The Morgan fingerprint density at radius 3 is 1.91 bits per heavy atom. The van der Waals surface area contributed by atoms with Crippen LogP contribution in [-0.4, -0.2) is 28.2 Å². The Hall–Kier alpha value is -0.730. The zero-order valence-electron chi connectivity index (χ0n) is 17.3. The molecule has 0 aromatic rings. The van der Waals surface area contributed by atoms with Gasteiger partial charge in [-0.3, -0.25) is 0 Å². The highest BCUT2D eigenvalue weighted by atomic mass is 16.6. The molecular weight excluding hydrogens is 286 g/mol. The number of likely N-dealkylation sites (tertiary alicyclic amines) is 1. The van der Waals surface area contributed by atoms with Crippen molar-refractivity contribution in [3.63, 3.8) is 0 Å². The van der Waals surface area contributed by atoms with Gasteiger partial charge in [0.2, 0.25) is 0 Å². The lowest BCUT2D eigenvalue weighted by Crippen LogP contribution is -2.59. The Balaban J connectivity index is 3.26. The second-order valence-corrected chi connectivity index (χ2v) is 10.6. The first-order chi connectivity index (χ1) is 10.00. The lowest BCUT2D eigenvalue weighted by atomic mass is 9.59. The molecule has 0 spiro atoms. The summed E-state index contributed by atoms with van der Waals surface area (Å²) in [7, 11) is 0. The fourth-order valence-electron chi connectivity index (χ4n) is 4.78. The van der Waals surface area contributed by atoms with E-state index in [-0.39, 0.29) is 28.5 Å². The lowest BCUT2D eigenvalue weighted by Gasteiger charge is -2.55. The molecule has 0 radical (unpaired) electrons. The van der Waals surface area contributed by atoms with Gasteiger partial charge in [0.05, 0.1) is 0 Å². The molecule has 0 bridgehead atoms. The fraction of sp³-hybridized carbons (Fsp3) is 0.950. The third-order valence-corrected chi connectivity index (χ3v) is 5.74. The number of ether oxygens (including phenoxy) is 1. The summed E-state index contributed by atoms with van der Waals surface area (Å²) in [5.41, 5.74) is -0.351. The van der Waals surface area contributed by atoms with Gasteiger partial charge in [0.15, 0.2) is 0 Å². The van der Waals surface area contributed by atoms with Gasteiger partial charge >= 0.3 is 6.09 Å². The van der Waals surface area contributed by atoms with Crippen molar-refractivity contribution < 1.29 is 9.53 Å². The minimum Gasteiger partial charge on any atom is -0.444 e. The van der Waals surface area contributed by atoms with Crippen LogP contribution >= 0.6 is 0 Å². The van der Waals surface area contributed by atoms with Crippen LogP contribution in [0.1, 0.15) is 89.0 Å². The molecule has 0 aliphatic carbocycles. The monoisotopic (exact) mass is 325 g/mol. The molecule has 3 nitrogen and oxygen atoms in total. The molecule has 0 aromatic carbocycles. The van der Waals surface area contributed by atoms with Gasteiger partial charge in [0.25, 0.3) is 0 Å². The van der Waals surface area contributed by atoms with Crippen molar-refractivity contribution in [1.29, 1.82) is 0 Å². The molecule has 136 valence electrons. The van der Waals surface area contributed by atoms with E-state index in [9.17, 15) is 4.79 Å². The quantitative estimate of drug-likeness (QED) is 0.557. The van der Waals surface area contributed by atoms with Gasteiger partial charge in [-0.25, -0.2) is 4.79 Å². The van der Waals surface area contributed by atoms with Crippen molar-refractivity contribution in [3.8, 4) is 0 Å². The van der Waals surface area contributed by atoms with E-state index < -0.39 is 5.60 Å². The second-order valence-electron chi connectivity index (χ2n) is 10.6. The smallest absolute Gasteiger partial charge is 0.410 e. The second kappa shape index (κ2) is 5.97. The van der Waals surface area contributed by atoms with E-state index in [1.54, 1.807) is 0 Å². The number of rotatable bonds is 0. The predicted octanol–water partition coefficient (Wildman–Crippen LogP) is 5.87. The number of hydrogen-bond donors (Lipinski definition) is 0. The fourth-order valence-corrected chi connectivity index (χ4v) is 4.78. The van der Waals surface area contributed by atoms with Gasteiger partial charge in [0, 0.05) is 11.6 Å². The summed E-state index contributed by atoms with van der Waals surface area (Å²) in [6, 6.07) is 0.161. The Morgan fingerprint density at radius 1 is 1.00 bits per heavy atom. The highest BCUT2D eigenvalue weighted by molar-refractivity contribution is 5.69. The Morgan fingerprint density at radius 2 is 1.48 bits per heavy atom. The predicted molar refractivity (Wildman–Crippen MR) is 97.6 cm³/mol. The van der Waals surface area contributed by atoms with E-state index in [0.717, 1.165) is 12.8 Å². The standard InChI is InChI=1S/C20H39NO2/c1-14-12-18(6,7)15(2)19(8,9)13-20(10,11)21(14)16(22)23-17(3,4)5/h14-15H,12-13H2,1-11H3. The number of amides is 1. The number of nitrogens with zero attached hydrogens (tertiary/aromatic N) is 1. The van der Waals surface area contributed by atoms with Crippen molar-refractivity contribution in [2.45, 2.75) is 106 Å². The van der Waals surface area contributed by atoms with Crippen molar-refractivity contribution >= 4 is 6.09 Å². The SMILES string of the molecule is CC1CC(C)(C)C(C)C(C)(C)CC(C)(C)N1C(=O)OC(C)(C)C. The summed E-state index contributed by atoms with van der Waals surface area (Å²) in [5.74, 6) is 0.581. The average molecular weight is 326 g/mol. The maximum Gasteiger partial charge on any atom is 0.410 e. The molecule has 1 saturated heterocycles. The van der Waals surface area contributed by atoms with E-state index in [0.29, 0.717) is 5.92 Å². The van der Waals surface area contributed by atoms with Gasteiger partial charge in [0.1, 0.15) is 5.60 Å². The van der Waals surface area contributed by atoms with Crippen molar-refractivity contribution in [1.82, 2.24) is 4.90 Å². The highest BCUT2D eigenvalue weighted by Gasteiger charge is 2.49. The van der Waals surface area contributed by atoms with Crippen LogP contribution in [0.5, 0.6) is 0 Å². The zero-order valence-corrected chi connectivity index (χ0v) is 17.3. The molecule has 2 atom stereocenters. The van der Waals surface area contributed by atoms with Crippen LogP contribution in [-0.2, 0) is 4.74 Å². The van der Waals surface area contributed by atoms with Gasteiger partial charge in [-0.15, -0.1) is 0 Å². The molecule has 1 heterocycles. The Kier molecular flexibility index (Phi) is 5.27. The summed E-state index contributed by atoms with van der Waals surface area (Å²) in [4.78, 5) is 14.9. The maximum absolute atomic E-state index is 12.9. The van der Waals surface area contributed by atoms with Crippen LogP contribution in [0.25, 0.3) is 0 Å². The molecule has 1 amide bonds. The summed E-state index contributed by atoms with van der Waals surface area (Å²) in [6.45, 7) is 24.0. The van der Waals surface area contributed by atoms with Crippen LogP contribution < -0.4 is 0 Å². The number of carbonyl (C=O) groups excluding carboxylic acids is 1. The van der Waals surface area contributed by atoms with Crippen LogP contribution in [0.2, 0.25) is 0 Å². The van der Waals surface area contributed by atoms with E-state index in [1.807, 2.05) is 25.7 Å².